The fourth-order valence-corrected chi connectivity index (χ4v) is 2.29. The third-order valence-electron chi connectivity index (χ3n) is 3.51. The number of nitrogens with zero attached hydrogens (tertiary/aromatic N) is 1. The summed E-state index contributed by atoms with van der Waals surface area (Å²) in [4.78, 5) is 4.11. The number of hydrogen-bond acceptors (Lipinski definition) is 4. The van der Waals surface area contributed by atoms with Crippen molar-refractivity contribution in [2.45, 2.75) is 39.3 Å². The first-order valence-electron chi connectivity index (χ1n) is 7.96. The molecule has 8 heteroatoms. The van der Waals surface area contributed by atoms with Gasteiger partial charge in [-0.2, -0.15) is 8.78 Å². The number of hydrogen-bond donors (Lipinski definition) is 2. The van der Waals surface area contributed by atoms with Crippen molar-refractivity contribution in [3.05, 3.63) is 17.7 Å². The zero-order valence-corrected chi connectivity index (χ0v) is 13.9. The van der Waals surface area contributed by atoms with Crippen molar-refractivity contribution in [1.82, 2.24) is 10.6 Å². The molecule has 0 radical (unpaired) electrons. The van der Waals surface area contributed by atoms with Crippen LogP contribution in [0.1, 0.15) is 31.7 Å². The minimum absolute atomic E-state index is 0.0585. The first-order chi connectivity index (χ1) is 11.6. The lowest BCUT2D eigenvalue weighted by atomic mass is 10.1. The summed E-state index contributed by atoms with van der Waals surface area (Å²) in [5.41, 5.74) is 0.538. The summed E-state index contributed by atoms with van der Waals surface area (Å²) in [5, 5.41) is 6.27. The molecule has 0 atom stereocenters. The van der Waals surface area contributed by atoms with Crippen molar-refractivity contribution >= 4 is 5.96 Å². The van der Waals surface area contributed by atoms with Crippen molar-refractivity contribution in [3.8, 4) is 17.2 Å². The topological polar surface area (TPSA) is 64.1 Å². The molecule has 0 amide bonds. The second-order valence-corrected chi connectivity index (χ2v) is 5.25. The summed E-state index contributed by atoms with van der Waals surface area (Å²) in [7, 11) is 1.66. The predicted molar refractivity (Wildman–Crippen MR) is 86.9 cm³/mol. The van der Waals surface area contributed by atoms with Gasteiger partial charge in [-0.1, -0.05) is 19.8 Å². The van der Waals surface area contributed by atoms with Gasteiger partial charge in [0.25, 0.3) is 0 Å². The second kappa shape index (κ2) is 9.14. The molecule has 2 N–H and O–H groups in total. The van der Waals surface area contributed by atoms with Gasteiger partial charge < -0.3 is 24.8 Å². The largest absolute Gasteiger partial charge is 0.454 e. The standard InChI is InChI=1S/C16H23F2N3O3/c1-3-4-5-6-20-16(19-2)21-9-11-7-13-14(23-10-22-13)8-12(11)24-15(17)18/h7-8,15H,3-6,9-10H2,1-2H3,(H2,19,20,21). The van der Waals surface area contributed by atoms with Crippen LogP contribution in [0.4, 0.5) is 8.78 Å². The molecular formula is C16H23F2N3O3. The molecule has 0 aliphatic carbocycles. The van der Waals surface area contributed by atoms with Gasteiger partial charge in [0, 0.05) is 31.8 Å². The van der Waals surface area contributed by atoms with Crippen molar-refractivity contribution in [2.24, 2.45) is 4.99 Å². The molecule has 1 aliphatic heterocycles. The van der Waals surface area contributed by atoms with E-state index in [9.17, 15) is 8.78 Å². The van der Waals surface area contributed by atoms with Gasteiger partial charge in [0.2, 0.25) is 6.79 Å². The molecule has 134 valence electrons. The number of rotatable bonds is 8. The maximum Gasteiger partial charge on any atom is 0.387 e. The van der Waals surface area contributed by atoms with E-state index in [1.54, 1.807) is 13.1 Å². The molecule has 0 saturated heterocycles. The van der Waals surface area contributed by atoms with E-state index in [-0.39, 0.29) is 19.1 Å². The van der Waals surface area contributed by atoms with E-state index >= 15 is 0 Å². The number of guanidine groups is 1. The first kappa shape index (κ1) is 18.1. The summed E-state index contributed by atoms with van der Waals surface area (Å²) in [6.45, 7) is 0.370. The van der Waals surface area contributed by atoms with Crippen LogP contribution in [0.25, 0.3) is 0 Å². The Kier molecular flexibility index (Phi) is 6.89. The highest BCUT2D eigenvalue weighted by Gasteiger charge is 2.20. The van der Waals surface area contributed by atoms with E-state index in [0.29, 0.717) is 23.0 Å². The third-order valence-corrected chi connectivity index (χ3v) is 3.51. The molecule has 24 heavy (non-hydrogen) atoms. The Hall–Kier alpha value is -2.25. The molecule has 1 heterocycles. The minimum Gasteiger partial charge on any atom is -0.454 e. The van der Waals surface area contributed by atoms with Gasteiger partial charge in [-0.3, -0.25) is 4.99 Å². The van der Waals surface area contributed by atoms with Gasteiger partial charge in [-0.25, -0.2) is 0 Å². The highest BCUT2D eigenvalue weighted by atomic mass is 19.3. The Balaban J connectivity index is 1.99. The lowest BCUT2D eigenvalue weighted by Gasteiger charge is -2.15. The Morgan fingerprint density at radius 1 is 1.25 bits per heavy atom. The molecule has 0 bridgehead atoms. The van der Waals surface area contributed by atoms with Crippen LogP contribution in [0.15, 0.2) is 17.1 Å². The Morgan fingerprint density at radius 3 is 2.67 bits per heavy atom. The summed E-state index contributed by atoms with van der Waals surface area (Å²) in [6, 6.07) is 3.06. The number of benzene rings is 1. The van der Waals surface area contributed by atoms with Crippen molar-refractivity contribution in [2.75, 3.05) is 20.4 Å². The molecule has 0 fully saturated rings. The first-order valence-corrected chi connectivity index (χ1v) is 7.96. The number of nitrogens with one attached hydrogen (secondary N) is 2. The molecule has 0 saturated carbocycles. The van der Waals surface area contributed by atoms with Crippen molar-refractivity contribution in [1.29, 1.82) is 0 Å². The average molecular weight is 343 g/mol. The summed E-state index contributed by atoms with van der Waals surface area (Å²) in [5.74, 6) is 1.57. The van der Waals surface area contributed by atoms with E-state index in [1.807, 2.05) is 0 Å². The molecule has 0 unspecified atom stereocenters. The Labute approximate surface area is 140 Å². The zero-order chi connectivity index (χ0) is 17.4. The lowest BCUT2D eigenvalue weighted by molar-refractivity contribution is -0.0505. The minimum atomic E-state index is -2.91. The predicted octanol–water partition coefficient (Wildman–Crippen LogP) is 2.87. The van der Waals surface area contributed by atoms with Crippen LogP contribution in [0.3, 0.4) is 0 Å². The van der Waals surface area contributed by atoms with E-state index < -0.39 is 6.61 Å². The summed E-state index contributed by atoms with van der Waals surface area (Å²) >= 11 is 0. The Morgan fingerprint density at radius 2 is 2.00 bits per heavy atom. The maximum absolute atomic E-state index is 12.6. The molecular weight excluding hydrogens is 320 g/mol. The Bertz CT molecular complexity index is 568. The average Bonchev–Trinajstić information content (AvgIpc) is 3.00. The van der Waals surface area contributed by atoms with Gasteiger partial charge in [-0.05, 0) is 12.5 Å². The monoisotopic (exact) mass is 343 g/mol. The van der Waals surface area contributed by atoms with Crippen molar-refractivity contribution < 1.29 is 23.0 Å². The smallest absolute Gasteiger partial charge is 0.387 e. The van der Waals surface area contributed by atoms with Gasteiger partial charge in [0.15, 0.2) is 17.5 Å². The number of ether oxygens (including phenoxy) is 3. The van der Waals surface area contributed by atoms with Crippen LogP contribution < -0.4 is 24.8 Å². The van der Waals surface area contributed by atoms with E-state index in [0.717, 1.165) is 25.8 Å². The number of fused-ring (bicyclic) bond motifs is 1. The summed E-state index contributed by atoms with van der Waals surface area (Å²) < 4.78 is 40.3. The molecule has 1 aromatic rings. The summed E-state index contributed by atoms with van der Waals surface area (Å²) in [6.07, 6.45) is 3.32. The van der Waals surface area contributed by atoms with Gasteiger partial charge in [-0.15, -0.1) is 0 Å². The van der Waals surface area contributed by atoms with E-state index in [1.165, 1.54) is 6.07 Å². The second-order valence-electron chi connectivity index (χ2n) is 5.25. The zero-order valence-electron chi connectivity index (χ0n) is 13.9. The van der Waals surface area contributed by atoms with E-state index in [2.05, 4.69) is 27.3 Å². The molecule has 0 aromatic heterocycles. The molecule has 1 aromatic carbocycles. The fourth-order valence-electron chi connectivity index (χ4n) is 2.29. The fraction of sp³-hybridized carbons (Fsp3) is 0.562. The number of unbranched alkanes of at least 4 members (excludes halogenated alkanes) is 2. The molecule has 1 aliphatic rings. The van der Waals surface area contributed by atoms with Crippen molar-refractivity contribution in [3.63, 3.8) is 0 Å². The highest BCUT2D eigenvalue weighted by molar-refractivity contribution is 5.79. The lowest BCUT2D eigenvalue weighted by Crippen LogP contribution is -2.37. The maximum atomic E-state index is 12.6. The van der Waals surface area contributed by atoms with Gasteiger partial charge in [0.1, 0.15) is 5.75 Å². The van der Waals surface area contributed by atoms with Crippen LogP contribution in [-0.4, -0.2) is 33.0 Å². The SMILES string of the molecule is CCCCCNC(=NC)NCc1cc2c(cc1OC(F)F)OCO2. The number of halogens is 2. The highest BCUT2D eigenvalue weighted by Crippen LogP contribution is 2.38. The van der Waals surface area contributed by atoms with Crippen LogP contribution >= 0.6 is 0 Å². The molecule has 6 nitrogen and oxygen atoms in total. The normalized spacial score (nSPS) is 13.3. The third kappa shape index (κ3) is 5.14. The number of aliphatic imine (C=N–C) groups is 1. The van der Waals surface area contributed by atoms with Crippen LogP contribution in [0, 0.1) is 0 Å². The van der Waals surface area contributed by atoms with Gasteiger partial charge in [0.05, 0.1) is 0 Å². The molecule has 0 spiro atoms. The number of alkyl halides is 2. The van der Waals surface area contributed by atoms with Crippen LogP contribution in [0.5, 0.6) is 17.2 Å². The van der Waals surface area contributed by atoms with Crippen LogP contribution in [0.2, 0.25) is 0 Å². The molecule has 2 rings (SSSR count). The quantitative estimate of drug-likeness (QED) is 0.432. The van der Waals surface area contributed by atoms with Gasteiger partial charge >= 0.3 is 6.61 Å². The van der Waals surface area contributed by atoms with Crippen LogP contribution in [-0.2, 0) is 6.54 Å². The van der Waals surface area contributed by atoms with E-state index in [4.69, 9.17) is 9.47 Å².